The largest absolute Gasteiger partial charge is 0.384 e. The first-order chi connectivity index (χ1) is 6.68. The summed E-state index contributed by atoms with van der Waals surface area (Å²) < 4.78 is 0. The number of aromatic nitrogens is 2. The van der Waals surface area contributed by atoms with E-state index in [1.165, 1.54) is 6.20 Å². The predicted molar refractivity (Wildman–Crippen MR) is 58.5 cm³/mol. The number of nitrogens with one attached hydrogen (secondary N) is 1. The number of hydrogen-bond acceptors (Lipinski definition) is 2. The second-order valence-corrected chi connectivity index (χ2v) is 3.60. The molecule has 3 nitrogen and oxygen atoms in total. The van der Waals surface area contributed by atoms with Crippen molar-refractivity contribution in [1.82, 2.24) is 9.97 Å². The molecule has 0 fully saturated rings. The minimum Gasteiger partial charge on any atom is -0.384 e. The monoisotopic (exact) mass is 227 g/mol. The minimum atomic E-state index is 0.482. The molecule has 0 atom stereocenters. The van der Waals surface area contributed by atoms with Gasteiger partial charge in [0, 0.05) is 0 Å². The van der Waals surface area contributed by atoms with Gasteiger partial charge >= 0.3 is 0 Å². The van der Waals surface area contributed by atoms with Crippen molar-refractivity contribution in [2.75, 3.05) is 5.73 Å². The van der Waals surface area contributed by atoms with E-state index in [1.807, 2.05) is 0 Å². The molecule has 2 aromatic rings. The number of nitrogen functional groups attached to an aromatic ring is 1. The molecule has 1 heterocycles. The molecule has 72 valence electrons. The molecule has 0 aliphatic rings. The van der Waals surface area contributed by atoms with Crippen molar-refractivity contribution in [1.29, 1.82) is 0 Å². The highest BCUT2D eigenvalue weighted by Gasteiger charge is 2.10. The molecular formula is C9H7Cl2N3. The van der Waals surface area contributed by atoms with Gasteiger partial charge in [-0.15, -0.1) is 0 Å². The zero-order valence-electron chi connectivity index (χ0n) is 7.09. The van der Waals surface area contributed by atoms with Gasteiger partial charge in [0.25, 0.3) is 0 Å². The zero-order valence-corrected chi connectivity index (χ0v) is 8.60. The van der Waals surface area contributed by atoms with Gasteiger partial charge in [0.15, 0.2) is 0 Å². The summed E-state index contributed by atoms with van der Waals surface area (Å²) in [5.41, 5.74) is 6.19. The molecule has 0 amide bonds. The number of hydrogen-bond donors (Lipinski definition) is 2. The van der Waals surface area contributed by atoms with Crippen molar-refractivity contribution in [2.45, 2.75) is 0 Å². The lowest BCUT2D eigenvalue weighted by Gasteiger charge is -2.02. The number of nitrogens with two attached hydrogens (primary N) is 1. The Morgan fingerprint density at radius 1 is 1.21 bits per heavy atom. The molecule has 0 unspecified atom stereocenters. The lowest BCUT2D eigenvalue weighted by molar-refractivity contribution is 1.31. The molecule has 0 aliphatic carbocycles. The average molecular weight is 228 g/mol. The van der Waals surface area contributed by atoms with Gasteiger partial charge in [-0.2, -0.15) is 0 Å². The smallest absolute Gasteiger partial charge is 0.141 e. The molecule has 0 spiro atoms. The third-order valence-electron chi connectivity index (χ3n) is 1.80. The van der Waals surface area contributed by atoms with E-state index in [9.17, 15) is 0 Å². The van der Waals surface area contributed by atoms with Crippen LogP contribution in [0.4, 0.5) is 5.82 Å². The lowest BCUT2D eigenvalue weighted by Crippen LogP contribution is -1.86. The van der Waals surface area contributed by atoms with Crippen molar-refractivity contribution in [3.05, 3.63) is 34.4 Å². The third kappa shape index (κ3) is 1.56. The van der Waals surface area contributed by atoms with Crippen LogP contribution in [0.15, 0.2) is 24.4 Å². The number of benzene rings is 1. The van der Waals surface area contributed by atoms with Crippen LogP contribution in [0.5, 0.6) is 0 Å². The zero-order chi connectivity index (χ0) is 10.1. The Bertz CT molecular complexity index is 445. The molecule has 0 saturated carbocycles. The normalized spacial score (nSPS) is 10.4. The molecule has 1 aromatic heterocycles. The standard InChI is InChI=1S/C9H7Cl2N3/c10-5-2-1-3-6(11)8(5)9-13-4-7(12)14-9/h1-4H,12H2,(H,13,14). The highest BCUT2D eigenvalue weighted by molar-refractivity contribution is 6.38. The summed E-state index contributed by atoms with van der Waals surface area (Å²) >= 11 is 12.0. The van der Waals surface area contributed by atoms with Gasteiger partial charge in [0.2, 0.25) is 0 Å². The van der Waals surface area contributed by atoms with E-state index in [0.29, 0.717) is 27.3 Å². The minimum absolute atomic E-state index is 0.482. The van der Waals surface area contributed by atoms with Crippen LogP contribution in [0.25, 0.3) is 11.4 Å². The first-order valence-electron chi connectivity index (χ1n) is 3.93. The number of rotatable bonds is 1. The van der Waals surface area contributed by atoms with Gasteiger partial charge in [-0.05, 0) is 12.1 Å². The lowest BCUT2D eigenvalue weighted by atomic mass is 10.2. The van der Waals surface area contributed by atoms with Crippen molar-refractivity contribution in [3.63, 3.8) is 0 Å². The second-order valence-electron chi connectivity index (χ2n) is 2.78. The Morgan fingerprint density at radius 3 is 2.36 bits per heavy atom. The summed E-state index contributed by atoms with van der Waals surface area (Å²) in [4.78, 5) is 6.93. The maximum Gasteiger partial charge on any atom is 0.141 e. The highest BCUT2D eigenvalue weighted by atomic mass is 35.5. The Morgan fingerprint density at radius 2 is 1.86 bits per heavy atom. The first-order valence-corrected chi connectivity index (χ1v) is 4.69. The molecular weight excluding hydrogens is 221 g/mol. The van der Waals surface area contributed by atoms with Gasteiger partial charge in [0.05, 0.1) is 21.8 Å². The van der Waals surface area contributed by atoms with Gasteiger partial charge in [-0.25, -0.2) is 4.98 Å². The number of aromatic amines is 1. The fraction of sp³-hybridized carbons (Fsp3) is 0. The van der Waals surface area contributed by atoms with Crippen LogP contribution in [0.1, 0.15) is 0 Å². The summed E-state index contributed by atoms with van der Waals surface area (Å²) in [6, 6.07) is 5.28. The van der Waals surface area contributed by atoms with E-state index in [-0.39, 0.29) is 0 Å². The molecule has 0 saturated heterocycles. The fourth-order valence-corrected chi connectivity index (χ4v) is 1.76. The van der Waals surface area contributed by atoms with E-state index in [2.05, 4.69) is 9.97 Å². The van der Waals surface area contributed by atoms with Crippen molar-refractivity contribution in [3.8, 4) is 11.4 Å². The number of anilines is 1. The van der Waals surface area contributed by atoms with Crippen molar-refractivity contribution >= 4 is 29.0 Å². The molecule has 0 bridgehead atoms. The van der Waals surface area contributed by atoms with Crippen LogP contribution in [0, 0.1) is 0 Å². The van der Waals surface area contributed by atoms with Crippen LogP contribution < -0.4 is 5.73 Å². The van der Waals surface area contributed by atoms with E-state index in [1.54, 1.807) is 18.2 Å². The topological polar surface area (TPSA) is 54.7 Å². The van der Waals surface area contributed by atoms with Crippen LogP contribution in [-0.4, -0.2) is 9.97 Å². The van der Waals surface area contributed by atoms with Gasteiger partial charge in [-0.3, -0.25) is 0 Å². The Hall–Kier alpha value is -1.19. The van der Waals surface area contributed by atoms with Crippen molar-refractivity contribution < 1.29 is 0 Å². The first kappa shape index (κ1) is 9.37. The fourth-order valence-electron chi connectivity index (χ4n) is 1.19. The summed E-state index contributed by atoms with van der Waals surface area (Å²) in [5.74, 6) is 1.06. The molecule has 0 radical (unpaired) electrons. The maximum atomic E-state index is 5.99. The van der Waals surface area contributed by atoms with Gasteiger partial charge in [0.1, 0.15) is 11.6 Å². The van der Waals surface area contributed by atoms with Crippen LogP contribution in [0.3, 0.4) is 0 Å². The SMILES string of the molecule is Nc1cnc(-c2c(Cl)cccc2Cl)[nH]1. The molecule has 5 heteroatoms. The van der Waals surface area contributed by atoms with Crippen LogP contribution >= 0.6 is 23.2 Å². The van der Waals surface area contributed by atoms with Gasteiger partial charge < -0.3 is 10.7 Å². The van der Waals surface area contributed by atoms with E-state index < -0.39 is 0 Å². The Kier molecular flexibility index (Phi) is 2.35. The summed E-state index contributed by atoms with van der Waals surface area (Å²) in [7, 11) is 0. The van der Waals surface area contributed by atoms with E-state index >= 15 is 0 Å². The number of halogens is 2. The summed E-state index contributed by atoms with van der Waals surface area (Å²) in [6.45, 7) is 0. The quantitative estimate of drug-likeness (QED) is 0.788. The van der Waals surface area contributed by atoms with Crippen molar-refractivity contribution in [2.24, 2.45) is 0 Å². The second kappa shape index (κ2) is 3.52. The number of nitrogens with zero attached hydrogens (tertiary/aromatic N) is 1. The molecule has 1 aromatic carbocycles. The molecule has 0 aliphatic heterocycles. The molecule has 2 rings (SSSR count). The number of imidazole rings is 1. The maximum absolute atomic E-state index is 5.99. The van der Waals surface area contributed by atoms with Crippen LogP contribution in [0.2, 0.25) is 10.0 Å². The molecule has 14 heavy (non-hydrogen) atoms. The molecule has 3 N–H and O–H groups in total. The highest BCUT2D eigenvalue weighted by Crippen LogP contribution is 2.32. The van der Waals surface area contributed by atoms with E-state index in [0.717, 1.165) is 0 Å². The number of H-pyrrole nitrogens is 1. The van der Waals surface area contributed by atoms with Crippen LogP contribution in [-0.2, 0) is 0 Å². The Balaban J connectivity index is 2.61. The summed E-state index contributed by atoms with van der Waals surface area (Å²) in [5, 5.41) is 1.10. The predicted octanol–water partition coefficient (Wildman–Crippen LogP) is 2.97. The average Bonchev–Trinajstić information content (AvgIpc) is 2.51. The van der Waals surface area contributed by atoms with Gasteiger partial charge in [-0.1, -0.05) is 29.3 Å². The Labute approximate surface area is 90.9 Å². The third-order valence-corrected chi connectivity index (χ3v) is 2.42. The van der Waals surface area contributed by atoms with E-state index in [4.69, 9.17) is 28.9 Å². The summed E-state index contributed by atoms with van der Waals surface area (Å²) in [6.07, 6.45) is 1.52.